The molecule has 1 heterocycles. The van der Waals surface area contributed by atoms with Gasteiger partial charge in [-0.05, 0) is 36.8 Å². The van der Waals surface area contributed by atoms with E-state index >= 15 is 0 Å². The van der Waals surface area contributed by atoms with Gasteiger partial charge < -0.3 is 20.6 Å². The number of anilines is 2. The topological polar surface area (TPSA) is 77.5 Å². The van der Waals surface area contributed by atoms with E-state index in [-0.39, 0.29) is 12.6 Å². The van der Waals surface area contributed by atoms with E-state index in [0.29, 0.717) is 30.5 Å². The molecular weight excluding hydrogens is 280 g/mol. The number of hydrogen-bond donors (Lipinski definition) is 3. The van der Waals surface area contributed by atoms with Gasteiger partial charge >= 0.3 is 6.03 Å². The highest BCUT2D eigenvalue weighted by Gasteiger charge is 2.12. The van der Waals surface area contributed by atoms with Crippen LogP contribution in [0.25, 0.3) is 0 Å². The summed E-state index contributed by atoms with van der Waals surface area (Å²) >= 11 is 0. The fourth-order valence-electron chi connectivity index (χ4n) is 2.29. The maximum Gasteiger partial charge on any atom is 0.319 e. The van der Waals surface area contributed by atoms with Crippen LogP contribution in [0.15, 0.2) is 18.3 Å². The van der Waals surface area contributed by atoms with Crippen LogP contribution < -0.4 is 15.5 Å². The lowest BCUT2D eigenvalue weighted by Gasteiger charge is -2.19. The molecule has 0 bridgehead atoms. The fraction of sp³-hybridized carbons (Fsp3) is 0.625. The number of aromatic nitrogens is 1. The molecule has 2 amide bonds. The van der Waals surface area contributed by atoms with Gasteiger partial charge in [-0.15, -0.1) is 0 Å². The minimum absolute atomic E-state index is 0.149. The Bertz CT molecular complexity index is 446. The molecule has 0 saturated carbocycles. The number of aliphatic hydroxyl groups is 1. The summed E-state index contributed by atoms with van der Waals surface area (Å²) in [6.45, 7) is 5.00. The molecule has 0 aromatic carbocycles. The summed E-state index contributed by atoms with van der Waals surface area (Å²) in [5.74, 6) is 1.68. The Hall–Kier alpha value is -1.82. The number of nitrogens with zero attached hydrogens (tertiary/aromatic N) is 2. The Morgan fingerprint density at radius 3 is 2.59 bits per heavy atom. The standard InChI is InChI=1S/C16H28N4O2/c1-12(2)9-13(7-8-21)10-18-16(22)19-14-5-6-15(17-11-14)20(3)4/h5-6,11-13,21H,7-10H2,1-4H3,(H2,18,19,22). The van der Waals surface area contributed by atoms with Crippen LogP contribution in [0.1, 0.15) is 26.7 Å². The summed E-state index contributed by atoms with van der Waals surface area (Å²) in [4.78, 5) is 18.0. The highest BCUT2D eigenvalue weighted by molar-refractivity contribution is 5.89. The Labute approximate surface area is 132 Å². The van der Waals surface area contributed by atoms with Crippen LogP contribution in [0.4, 0.5) is 16.3 Å². The van der Waals surface area contributed by atoms with E-state index in [1.807, 2.05) is 31.1 Å². The van der Waals surface area contributed by atoms with Crippen molar-refractivity contribution in [3.63, 3.8) is 0 Å². The van der Waals surface area contributed by atoms with Gasteiger partial charge in [-0.25, -0.2) is 9.78 Å². The molecule has 6 heteroatoms. The largest absolute Gasteiger partial charge is 0.396 e. The molecule has 0 aliphatic rings. The minimum Gasteiger partial charge on any atom is -0.396 e. The van der Waals surface area contributed by atoms with Crippen molar-refractivity contribution in [1.29, 1.82) is 0 Å². The number of pyridine rings is 1. The quantitative estimate of drug-likeness (QED) is 0.689. The molecule has 0 radical (unpaired) electrons. The lowest BCUT2D eigenvalue weighted by Crippen LogP contribution is -2.33. The van der Waals surface area contributed by atoms with Crippen LogP contribution >= 0.6 is 0 Å². The van der Waals surface area contributed by atoms with E-state index < -0.39 is 0 Å². The third-order valence-electron chi connectivity index (χ3n) is 3.36. The van der Waals surface area contributed by atoms with E-state index in [0.717, 1.165) is 12.2 Å². The molecule has 6 nitrogen and oxygen atoms in total. The zero-order chi connectivity index (χ0) is 16.5. The molecule has 0 saturated heterocycles. The molecule has 0 aliphatic carbocycles. The normalized spacial score (nSPS) is 12.1. The Morgan fingerprint density at radius 1 is 1.36 bits per heavy atom. The van der Waals surface area contributed by atoms with Gasteiger partial charge in [0.1, 0.15) is 5.82 Å². The molecule has 0 fully saturated rings. The van der Waals surface area contributed by atoms with Crippen molar-refractivity contribution in [2.75, 3.05) is 37.5 Å². The molecular formula is C16H28N4O2. The number of amides is 2. The van der Waals surface area contributed by atoms with Gasteiger partial charge in [-0.3, -0.25) is 0 Å². The zero-order valence-electron chi connectivity index (χ0n) is 14.0. The second-order valence-electron chi connectivity index (χ2n) is 6.14. The van der Waals surface area contributed by atoms with Gasteiger partial charge in [-0.2, -0.15) is 0 Å². The molecule has 0 aliphatic heterocycles. The molecule has 1 unspecified atom stereocenters. The average Bonchev–Trinajstić information content (AvgIpc) is 2.45. The summed E-state index contributed by atoms with van der Waals surface area (Å²) < 4.78 is 0. The maximum absolute atomic E-state index is 11.9. The Morgan fingerprint density at radius 2 is 2.09 bits per heavy atom. The second-order valence-corrected chi connectivity index (χ2v) is 6.14. The minimum atomic E-state index is -0.244. The van der Waals surface area contributed by atoms with E-state index in [1.165, 1.54) is 0 Å². The van der Waals surface area contributed by atoms with Gasteiger partial charge in [0.05, 0.1) is 11.9 Å². The van der Waals surface area contributed by atoms with Gasteiger partial charge in [0.2, 0.25) is 0 Å². The highest BCUT2D eigenvalue weighted by atomic mass is 16.3. The highest BCUT2D eigenvalue weighted by Crippen LogP contribution is 2.15. The van der Waals surface area contributed by atoms with Crippen molar-refractivity contribution in [3.8, 4) is 0 Å². The van der Waals surface area contributed by atoms with Crippen LogP contribution in [-0.4, -0.2) is 43.4 Å². The van der Waals surface area contributed by atoms with E-state index in [1.54, 1.807) is 6.20 Å². The van der Waals surface area contributed by atoms with Crippen LogP contribution in [0, 0.1) is 11.8 Å². The number of carbonyl (C=O) groups is 1. The summed E-state index contributed by atoms with van der Waals surface area (Å²) in [6.07, 6.45) is 3.33. The SMILES string of the molecule is CC(C)CC(CCO)CNC(=O)Nc1ccc(N(C)C)nc1. The molecule has 1 atom stereocenters. The van der Waals surface area contributed by atoms with Crippen LogP contribution in [0.5, 0.6) is 0 Å². The number of urea groups is 1. The van der Waals surface area contributed by atoms with Crippen molar-refractivity contribution >= 4 is 17.5 Å². The van der Waals surface area contributed by atoms with Crippen molar-refractivity contribution in [2.24, 2.45) is 11.8 Å². The fourth-order valence-corrected chi connectivity index (χ4v) is 2.29. The first-order chi connectivity index (χ1) is 10.4. The molecule has 0 spiro atoms. The number of nitrogens with one attached hydrogen (secondary N) is 2. The van der Waals surface area contributed by atoms with E-state index in [4.69, 9.17) is 5.11 Å². The molecule has 22 heavy (non-hydrogen) atoms. The molecule has 124 valence electrons. The number of carbonyl (C=O) groups excluding carboxylic acids is 1. The van der Waals surface area contributed by atoms with Crippen LogP contribution in [0.2, 0.25) is 0 Å². The lowest BCUT2D eigenvalue weighted by molar-refractivity contribution is 0.231. The molecule has 1 aromatic heterocycles. The van der Waals surface area contributed by atoms with Gasteiger partial charge in [-0.1, -0.05) is 13.8 Å². The first-order valence-corrected chi connectivity index (χ1v) is 7.71. The molecule has 3 N–H and O–H groups in total. The third-order valence-corrected chi connectivity index (χ3v) is 3.36. The second kappa shape index (κ2) is 9.25. The maximum atomic E-state index is 11.9. The van der Waals surface area contributed by atoms with Gasteiger partial charge in [0.25, 0.3) is 0 Å². The summed E-state index contributed by atoms with van der Waals surface area (Å²) in [6, 6.07) is 3.43. The zero-order valence-corrected chi connectivity index (χ0v) is 14.0. The van der Waals surface area contributed by atoms with Gasteiger partial charge in [0.15, 0.2) is 0 Å². The molecule has 1 aromatic rings. The van der Waals surface area contributed by atoms with Crippen LogP contribution in [0.3, 0.4) is 0 Å². The first-order valence-electron chi connectivity index (χ1n) is 7.71. The van der Waals surface area contributed by atoms with Crippen molar-refractivity contribution < 1.29 is 9.90 Å². The first kappa shape index (κ1) is 18.2. The number of aliphatic hydroxyl groups excluding tert-OH is 1. The van der Waals surface area contributed by atoms with E-state index in [2.05, 4.69) is 29.5 Å². The smallest absolute Gasteiger partial charge is 0.319 e. The van der Waals surface area contributed by atoms with Gasteiger partial charge in [0, 0.05) is 27.2 Å². The lowest BCUT2D eigenvalue weighted by atomic mass is 9.94. The monoisotopic (exact) mass is 308 g/mol. The number of rotatable bonds is 8. The van der Waals surface area contributed by atoms with Crippen molar-refractivity contribution in [2.45, 2.75) is 26.7 Å². The summed E-state index contributed by atoms with van der Waals surface area (Å²) in [5.41, 5.74) is 0.658. The summed E-state index contributed by atoms with van der Waals surface area (Å²) in [5, 5.41) is 14.7. The Kier molecular flexibility index (Phi) is 7.66. The Balaban J connectivity index is 2.44. The van der Waals surface area contributed by atoms with Crippen molar-refractivity contribution in [1.82, 2.24) is 10.3 Å². The van der Waals surface area contributed by atoms with E-state index in [9.17, 15) is 4.79 Å². The van der Waals surface area contributed by atoms with Crippen LogP contribution in [-0.2, 0) is 0 Å². The molecule has 1 rings (SSSR count). The third kappa shape index (κ3) is 6.76. The van der Waals surface area contributed by atoms with Crippen molar-refractivity contribution in [3.05, 3.63) is 18.3 Å². The predicted molar refractivity (Wildman–Crippen MR) is 90.2 cm³/mol. The predicted octanol–water partition coefficient (Wildman–Crippen LogP) is 2.31. The average molecular weight is 308 g/mol. The summed E-state index contributed by atoms with van der Waals surface area (Å²) in [7, 11) is 3.83. The number of hydrogen-bond acceptors (Lipinski definition) is 4.